The zero-order valence-electron chi connectivity index (χ0n) is 11.6. The zero-order valence-corrected chi connectivity index (χ0v) is 14.0. The minimum atomic E-state index is -1.20. The van der Waals surface area contributed by atoms with Crippen LogP contribution in [0.15, 0.2) is 12.1 Å². The summed E-state index contributed by atoms with van der Waals surface area (Å²) in [7, 11) is -1.20. The molecule has 0 aliphatic heterocycles. The lowest BCUT2D eigenvalue weighted by Crippen LogP contribution is -2.42. The molecule has 1 aliphatic rings. The van der Waals surface area contributed by atoms with Crippen LogP contribution in [0.1, 0.15) is 43.9 Å². The highest BCUT2D eigenvalue weighted by atomic mass is 35.5. The number of halogens is 1. The van der Waals surface area contributed by atoms with Crippen molar-refractivity contribution in [2.24, 2.45) is 0 Å². The van der Waals surface area contributed by atoms with Crippen molar-refractivity contribution in [3.05, 3.63) is 21.3 Å². The molecule has 1 saturated carbocycles. The Morgan fingerprint density at radius 2 is 2.15 bits per heavy atom. The lowest BCUT2D eigenvalue weighted by atomic mass is 9.95. The van der Waals surface area contributed by atoms with Crippen molar-refractivity contribution in [2.75, 3.05) is 0 Å². The van der Waals surface area contributed by atoms with Gasteiger partial charge in [0.05, 0.1) is 10.1 Å². The standard InChI is InChI=1S/C14H20ClNO2S2/c1-10(14(17)16-11-5-3-2-4-6-11)20(18)9-12-7-8-13(15)19-12/h7-8,10-11H,2-6,9H2,1H3,(H,16,17). The average Bonchev–Trinajstić information content (AvgIpc) is 2.84. The van der Waals surface area contributed by atoms with E-state index >= 15 is 0 Å². The molecule has 2 atom stereocenters. The van der Waals surface area contributed by atoms with Crippen LogP contribution in [-0.4, -0.2) is 21.4 Å². The van der Waals surface area contributed by atoms with Crippen LogP contribution in [-0.2, 0) is 21.3 Å². The fourth-order valence-corrected chi connectivity index (χ4v) is 4.78. The van der Waals surface area contributed by atoms with Crippen molar-refractivity contribution >= 4 is 39.6 Å². The molecule has 2 unspecified atom stereocenters. The van der Waals surface area contributed by atoms with E-state index in [2.05, 4.69) is 5.32 Å². The van der Waals surface area contributed by atoms with Gasteiger partial charge in [0.2, 0.25) is 5.91 Å². The van der Waals surface area contributed by atoms with Crippen molar-refractivity contribution < 1.29 is 9.00 Å². The quantitative estimate of drug-likeness (QED) is 0.896. The van der Waals surface area contributed by atoms with E-state index in [0.29, 0.717) is 10.1 Å². The van der Waals surface area contributed by atoms with Crippen LogP contribution in [0.2, 0.25) is 4.34 Å². The Kier molecular flexibility index (Phi) is 6.05. The van der Waals surface area contributed by atoms with Gasteiger partial charge in [-0.3, -0.25) is 9.00 Å². The van der Waals surface area contributed by atoms with Gasteiger partial charge in [-0.2, -0.15) is 0 Å². The first-order valence-electron chi connectivity index (χ1n) is 6.98. The smallest absolute Gasteiger partial charge is 0.235 e. The van der Waals surface area contributed by atoms with Gasteiger partial charge in [-0.15, -0.1) is 11.3 Å². The van der Waals surface area contributed by atoms with E-state index in [1.54, 1.807) is 13.0 Å². The number of amides is 1. The monoisotopic (exact) mass is 333 g/mol. The molecule has 1 heterocycles. The maximum absolute atomic E-state index is 12.2. The molecule has 1 aliphatic carbocycles. The van der Waals surface area contributed by atoms with Crippen molar-refractivity contribution in [1.82, 2.24) is 5.32 Å². The second-order valence-corrected chi connectivity index (χ2v) is 8.77. The number of rotatable bonds is 5. The third-order valence-corrected chi connectivity index (χ3v) is 6.64. The first-order chi connectivity index (χ1) is 9.56. The summed E-state index contributed by atoms with van der Waals surface area (Å²) in [5.74, 6) is 0.314. The predicted molar refractivity (Wildman–Crippen MR) is 85.7 cm³/mol. The summed E-state index contributed by atoms with van der Waals surface area (Å²) < 4.78 is 12.9. The SMILES string of the molecule is CC(C(=O)NC1CCCCC1)S(=O)Cc1ccc(Cl)s1. The van der Waals surface area contributed by atoms with Gasteiger partial charge >= 0.3 is 0 Å². The molecule has 112 valence electrons. The first-order valence-corrected chi connectivity index (χ1v) is 9.55. The molecule has 0 radical (unpaired) electrons. The fraction of sp³-hybridized carbons (Fsp3) is 0.643. The van der Waals surface area contributed by atoms with Gasteiger partial charge in [0.15, 0.2) is 0 Å². The molecule has 2 rings (SSSR count). The van der Waals surface area contributed by atoms with E-state index in [9.17, 15) is 9.00 Å². The third-order valence-electron chi connectivity index (χ3n) is 3.63. The number of hydrogen-bond donors (Lipinski definition) is 1. The van der Waals surface area contributed by atoms with E-state index in [4.69, 9.17) is 11.6 Å². The normalized spacial score (nSPS) is 19.5. The van der Waals surface area contributed by atoms with Crippen molar-refractivity contribution in [1.29, 1.82) is 0 Å². The zero-order chi connectivity index (χ0) is 14.5. The molecule has 20 heavy (non-hydrogen) atoms. The average molecular weight is 334 g/mol. The summed E-state index contributed by atoms with van der Waals surface area (Å²) in [6.07, 6.45) is 5.70. The summed E-state index contributed by atoms with van der Waals surface area (Å²) in [6.45, 7) is 1.74. The van der Waals surface area contributed by atoms with Crippen LogP contribution >= 0.6 is 22.9 Å². The number of hydrogen-bond acceptors (Lipinski definition) is 3. The van der Waals surface area contributed by atoms with E-state index in [1.165, 1.54) is 30.6 Å². The Balaban J connectivity index is 1.84. The summed E-state index contributed by atoms with van der Waals surface area (Å²) in [4.78, 5) is 13.1. The van der Waals surface area contributed by atoms with Crippen molar-refractivity contribution in [2.45, 2.75) is 56.1 Å². The minimum Gasteiger partial charge on any atom is -0.352 e. The van der Waals surface area contributed by atoms with Gasteiger partial charge in [0.25, 0.3) is 0 Å². The molecule has 1 N–H and O–H groups in total. The molecule has 0 bridgehead atoms. The first kappa shape index (κ1) is 16.0. The fourth-order valence-electron chi connectivity index (χ4n) is 2.38. The molecule has 1 aromatic rings. The topological polar surface area (TPSA) is 46.2 Å². The minimum absolute atomic E-state index is 0.0853. The molecule has 3 nitrogen and oxygen atoms in total. The van der Waals surface area contributed by atoms with Crippen LogP contribution < -0.4 is 5.32 Å². The van der Waals surface area contributed by atoms with Crippen LogP contribution in [0.4, 0.5) is 0 Å². The molecule has 0 aromatic carbocycles. The number of thiophene rings is 1. The number of nitrogens with one attached hydrogen (secondary N) is 1. The van der Waals surface area contributed by atoms with E-state index in [-0.39, 0.29) is 11.9 Å². The van der Waals surface area contributed by atoms with Gasteiger partial charge in [-0.25, -0.2) is 0 Å². The summed E-state index contributed by atoms with van der Waals surface area (Å²) in [6, 6.07) is 3.94. The number of carbonyl (C=O) groups is 1. The van der Waals surface area contributed by atoms with E-state index in [0.717, 1.165) is 17.7 Å². The van der Waals surface area contributed by atoms with Gasteiger partial charge in [-0.05, 0) is 31.9 Å². The van der Waals surface area contributed by atoms with E-state index in [1.807, 2.05) is 6.07 Å². The van der Waals surface area contributed by atoms with Gasteiger partial charge in [0.1, 0.15) is 5.25 Å². The summed E-state index contributed by atoms with van der Waals surface area (Å²) in [5.41, 5.74) is 0. The maximum Gasteiger partial charge on any atom is 0.235 e. The van der Waals surface area contributed by atoms with Crippen LogP contribution in [0.3, 0.4) is 0 Å². The molecule has 6 heteroatoms. The second kappa shape index (κ2) is 7.57. The maximum atomic E-state index is 12.2. The van der Waals surface area contributed by atoms with Crippen LogP contribution in [0, 0.1) is 0 Å². The molecule has 1 fully saturated rings. The Morgan fingerprint density at radius 3 is 2.75 bits per heavy atom. The van der Waals surface area contributed by atoms with Gasteiger partial charge < -0.3 is 5.32 Å². The Bertz CT molecular complexity index is 483. The van der Waals surface area contributed by atoms with Gasteiger partial charge in [0, 0.05) is 21.7 Å². The van der Waals surface area contributed by atoms with E-state index < -0.39 is 16.0 Å². The highest BCUT2D eigenvalue weighted by Gasteiger charge is 2.24. The Morgan fingerprint density at radius 1 is 1.45 bits per heavy atom. The molecule has 0 saturated heterocycles. The van der Waals surface area contributed by atoms with Crippen LogP contribution in [0.25, 0.3) is 0 Å². The summed E-state index contributed by atoms with van der Waals surface area (Å²) >= 11 is 7.28. The van der Waals surface area contributed by atoms with Crippen molar-refractivity contribution in [3.63, 3.8) is 0 Å². The highest BCUT2D eigenvalue weighted by molar-refractivity contribution is 7.85. The molecular weight excluding hydrogens is 314 g/mol. The largest absolute Gasteiger partial charge is 0.352 e. The van der Waals surface area contributed by atoms with Gasteiger partial charge in [-0.1, -0.05) is 30.9 Å². The number of carbonyl (C=O) groups excluding carboxylic acids is 1. The Labute approximate surface area is 131 Å². The highest BCUT2D eigenvalue weighted by Crippen LogP contribution is 2.23. The lowest BCUT2D eigenvalue weighted by molar-refractivity contribution is -0.121. The summed E-state index contributed by atoms with van der Waals surface area (Å²) in [5, 5.41) is 2.56. The molecule has 1 amide bonds. The Hall–Kier alpha value is -0.390. The molecule has 0 spiro atoms. The predicted octanol–water partition coefficient (Wildman–Crippen LogP) is 3.49. The van der Waals surface area contributed by atoms with Crippen LogP contribution in [0.5, 0.6) is 0 Å². The lowest BCUT2D eigenvalue weighted by Gasteiger charge is -2.24. The molecular formula is C14H20ClNO2S2. The van der Waals surface area contributed by atoms with Crippen molar-refractivity contribution in [3.8, 4) is 0 Å². The molecule has 1 aromatic heterocycles. The third kappa shape index (κ3) is 4.57. The second-order valence-electron chi connectivity index (χ2n) is 5.22.